The Labute approximate surface area is 96.6 Å². The first kappa shape index (κ1) is 12.3. The molecule has 0 atom stereocenters. The van der Waals surface area contributed by atoms with Crippen LogP contribution in [0.1, 0.15) is 38.8 Å². The molecule has 0 bridgehead atoms. The molecule has 0 aliphatic heterocycles. The number of esters is 1. The zero-order chi connectivity index (χ0) is 12.3. The Morgan fingerprint density at radius 1 is 1.38 bits per heavy atom. The Kier molecular flexibility index (Phi) is 3.39. The van der Waals surface area contributed by atoms with Gasteiger partial charge in [0, 0.05) is 18.1 Å². The van der Waals surface area contributed by atoms with Gasteiger partial charge in [0.05, 0.1) is 0 Å². The maximum Gasteiger partial charge on any atom is 0.308 e. The van der Waals surface area contributed by atoms with Crippen molar-refractivity contribution in [1.29, 1.82) is 0 Å². The van der Waals surface area contributed by atoms with Gasteiger partial charge in [0.15, 0.2) is 0 Å². The van der Waals surface area contributed by atoms with E-state index in [4.69, 9.17) is 11.2 Å². The highest BCUT2D eigenvalue weighted by atomic mass is 16.5. The highest BCUT2D eigenvalue weighted by Crippen LogP contribution is 2.32. The third kappa shape index (κ3) is 2.87. The van der Waals surface area contributed by atoms with Crippen LogP contribution in [0.4, 0.5) is 0 Å². The maximum absolute atomic E-state index is 11.0. The summed E-state index contributed by atoms with van der Waals surface area (Å²) < 4.78 is 5.18. The molecule has 0 aliphatic carbocycles. The first-order chi connectivity index (χ1) is 7.34. The van der Waals surface area contributed by atoms with E-state index in [1.54, 1.807) is 6.07 Å². The Bertz CT molecular complexity index is 445. The number of terminal acetylenes is 1. The van der Waals surface area contributed by atoms with E-state index in [0.29, 0.717) is 11.3 Å². The van der Waals surface area contributed by atoms with Gasteiger partial charge in [0.1, 0.15) is 5.75 Å². The molecule has 1 aromatic carbocycles. The first-order valence-electron chi connectivity index (χ1n) is 5.14. The lowest BCUT2D eigenvalue weighted by molar-refractivity contribution is -0.131. The van der Waals surface area contributed by atoms with E-state index in [-0.39, 0.29) is 11.4 Å². The van der Waals surface area contributed by atoms with Gasteiger partial charge < -0.3 is 4.74 Å². The quantitative estimate of drug-likeness (QED) is 0.410. The van der Waals surface area contributed by atoms with Crippen molar-refractivity contribution in [3.05, 3.63) is 29.3 Å². The van der Waals surface area contributed by atoms with Crippen LogP contribution in [0, 0.1) is 12.3 Å². The number of rotatable bonds is 1. The highest BCUT2D eigenvalue weighted by molar-refractivity contribution is 5.70. The molecule has 0 aromatic heterocycles. The second-order valence-electron chi connectivity index (χ2n) is 4.70. The summed E-state index contributed by atoms with van der Waals surface area (Å²) in [7, 11) is 0. The summed E-state index contributed by atoms with van der Waals surface area (Å²) in [6.45, 7) is 7.57. The van der Waals surface area contributed by atoms with E-state index >= 15 is 0 Å². The van der Waals surface area contributed by atoms with Crippen LogP contribution >= 0.6 is 0 Å². The molecule has 0 radical (unpaired) electrons. The molecule has 0 aliphatic rings. The molecule has 2 heteroatoms. The van der Waals surface area contributed by atoms with Gasteiger partial charge in [-0.2, -0.15) is 0 Å². The van der Waals surface area contributed by atoms with Crippen LogP contribution in [0.2, 0.25) is 0 Å². The molecule has 0 saturated carbocycles. The Morgan fingerprint density at radius 2 is 2.00 bits per heavy atom. The fraction of sp³-hybridized carbons (Fsp3) is 0.357. The van der Waals surface area contributed by atoms with Crippen molar-refractivity contribution in [3.63, 3.8) is 0 Å². The summed E-state index contributed by atoms with van der Waals surface area (Å²) >= 11 is 0. The van der Waals surface area contributed by atoms with E-state index in [1.165, 1.54) is 6.92 Å². The number of ether oxygens (including phenoxy) is 1. The minimum absolute atomic E-state index is 0.0854. The molecule has 2 nitrogen and oxygen atoms in total. The molecule has 0 heterocycles. The molecule has 0 spiro atoms. The van der Waals surface area contributed by atoms with Crippen molar-refractivity contribution in [1.82, 2.24) is 0 Å². The fourth-order valence-corrected chi connectivity index (χ4v) is 1.47. The summed E-state index contributed by atoms with van der Waals surface area (Å²) in [6.07, 6.45) is 5.32. The van der Waals surface area contributed by atoms with Crippen LogP contribution in [0.3, 0.4) is 0 Å². The van der Waals surface area contributed by atoms with Gasteiger partial charge in [-0.25, -0.2) is 0 Å². The van der Waals surface area contributed by atoms with Crippen LogP contribution in [-0.2, 0) is 10.2 Å². The zero-order valence-corrected chi connectivity index (χ0v) is 10.1. The topological polar surface area (TPSA) is 26.3 Å². The van der Waals surface area contributed by atoms with Crippen LogP contribution in [-0.4, -0.2) is 5.97 Å². The fourth-order valence-electron chi connectivity index (χ4n) is 1.47. The number of hydrogen-bond donors (Lipinski definition) is 0. The number of hydrogen-bond acceptors (Lipinski definition) is 2. The van der Waals surface area contributed by atoms with Gasteiger partial charge >= 0.3 is 5.97 Å². The van der Waals surface area contributed by atoms with Gasteiger partial charge in [-0.05, 0) is 17.5 Å². The summed E-state index contributed by atoms with van der Waals surface area (Å²) in [5.74, 6) is 2.75. The molecule has 1 rings (SSSR count). The molecular formula is C14H16O2. The van der Waals surface area contributed by atoms with E-state index in [0.717, 1.165) is 5.56 Å². The van der Waals surface area contributed by atoms with E-state index in [9.17, 15) is 4.79 Å². The van der Waals surface area contributed by atoms with Crippen molar-refractivity contribution in [2.24, 2.45) is 0 Å². The minimum atomic E-state index is -0.334. The Morgan fingerprint density at radius 3 is 2.44 bits per heavy atom. The largest absolute Gasteiger partial charge is 0.426 e. The summed E-state index contributed by atoms with van der Waals surface area (Å²) in [5.41, 5.74) is 1.60. The van der Waals surface area contributed by atoms with E-state index < -0.39 is 0 Å². The normalized spacial score (nSPS) is 10.7. The van der Waals surface area contributed by atoms with Crippen molar-refractivity contribution in [3.8, 4) is 18.1 Å². The standard InChI is InChI=1S/C14H16O2/c1-6-11-7-8-12(14(3,4)5)13(9-11)16-10(2)15/h1,7-9H,2-5H3. The van der Waals surface area contributed by atoms with E-state index in [1.807, 2.05) is 12.1 Å². The summed E-state index contributed by atoms with van der Waals surface area (Å²) in [5, 5.41) is 0. The molecule has 0 N–H and O–H groups in total. The molecule has 84 valence electrons. The van der Waals surface area contributed by atoms with Gasteiger partial charge in [0.25, 0.3) is 0 Å². The molecule has 0 fully saturated rings. The Balaban J connectivity index is 3.28. The molecule has 1 aromatic rings. The third-order valence-electron chi connectivity index (χ3n) is 2.21. The van der Waals surface area contributed by atoms with Crippen molar-refractivity contribution < 1.29 is 9.53 Å². The SMILES string of the molecule is C#Cc1ccc(C(C)(C)C)c(OC(C)=O)c1. The average molecular weight is 216 g/mol. The third-order valence-corrected chi connectivity index (χ3v) is 2.21. The van der Waals surface area contributed by atoms with Crippen molar-refractivity contribution >= 4 is 5.97 Å². The molecule has 0 amide bonds. The second-order valence-corrected chi connectivity index (χ2v) is 4.70. The van der Waals surface area contributed by atoms with Gasteiger partial charge in [0.2, 0.25) is 0 Å². The predicted molar refractivity (Wildman–Crippen MR) is 64.4 cm³/mol. The lowest BCUT2D eigenvalue weighted by atomic mass is 9.86. The highest BCUT2D eigenvalue weighted by Gasteiger charge is 2.19. The number of carbonyl (C=O) groups is 1. The predicted octanol–water partition coefficient (Wildman–Crippen LogP) is 2.89. The maximum atomic E-state index is 11.0. The zero-order valence-electron chi connectivity index (χ0n) is 10.1. The minimum Gasteiger partial charge on any atom is -0.426 e. The summed E-state index contributed by atoms with van der Waals surface area (Å²) in [6, 6.07) is 5.49. The lowest BCUT2D eigenvalue weighted by Gasteiger charge is -2.22. The Hall–Kier alpha value is -1.75. The monoisotopic (exact) mass is 216 g/mol. The average Bonchev–Trinajstić information content (AvgIpc) is 2.14. The second kappa shape index (κ2) is 4.40. The number of carbonyl (C=O) groups excluding carboxylic acids is 1. The lowest BCUT2D eigenvalue weighted by Crippen LogP contribution is -2.15. The molecule has 16 heavy (non-hydrogen) atoms. The molecule has 0 saturated heterocycles. The van der Waals surface area contributed by atoms with Crippen LogP contribution in [0.15, 0.2) is 18.2 Å². The van der Waals surface area contributed by atoms with Crippen molar-refractivity contribution in [2.45, 2.75) is 33.1 Å². The van der Waals surface area contributed by atoms with Gasteiger partial charge in [-0.1, -0.05) is 32.8 Å². The van der Waals surface area contributed by atoms with Crippen LogP contribution in [0.5, 0.6) is 5.75 Å². The first-order valence-corrected chi connectivity index (χ1v) is 5.14. The van der Waals surface area contributed by atoms with E-state index in [2.05, 4.69) is 26.7 Å². The molecule has 0 unspecified atom stereocenters. The smallest absolute Gasteiger partial charge is 0.308 e. The number of benzene rings is 1. The van der Waals surface area contributed by atoms with Crippen LogP contribution in [0.25, 0.3) is 0 Å². The molecular weight excluding hydrogens is 200 g/mol. The van der Waals surface area contributed by atoms with Crippen LogP contribution < -0.4 is 4.74 Å². The van der Waals surface area contributed by atoms with Gasteiger partial charge in [-0.15, -0.1) is 6.42 Å². The van der Waals surface area contributed by atoms with Gasteiger partial charge in [-0.3, -0.25) is 4.79 Å². The van der Waals surface area contributed by atoms with Crippen molar-refractivity contribution in [2.75, 3.05) is 0 Å². The summed E-state index contributed by atoms with van der Waals surface area (Å²) in [4.78, 5) is 11.0.